The molecule has 0 radical (unpaired) electrons. The molecule has 0 amide bonds. The van der Waals surface area contributed by atoms with Crippen LogP contribution in [0.3, 0.4) is 0 Å². The van der Waals surface area contributed by atoms with Gasteiger partial charge in [-0.3, -0.25) is 0 Å². The first-order valence-corrected chi connectivity index (χ1v) is 5.73. The third-order valence-electron chi connectivity index (χ3n) is 1.01. The van der Waals surface area contributed by atoms with E-state index in [0.717, 1.165) is 0 Å². The maximum Gasteiger partial charge on any atom is 0.238 e. The Labute approximate surface area is 78.9 Å². The molecule has 1 aromatic rings. The van der Waals surface area contributed by atoms with Crippen LogP contribution in [0.25, 0.3) is 0 Å². The van der Waals surface area contributed by atoms with E-state index in [4.69, 9.17) is 22.3 Å². The molecule has 0 aliphatic heterocycles. The van der Waals surface area contributed by atoms with Crippen LogP contribution in [0.1, 0.15) is 5.69 Å². The molecule has 7 heteroatoms. The lowest BCUT2D eigenvalue weighted by atomic mass is 10.4. The first kappa shape index (κ1) is 9.70. The average molecular weight is 227 g/mol. The molecule has 1 heterocycles. The van der Waals surface area contributed by atoms with Gasteiger partial charge < -0.3 is 0 Å². The minimum Gasteiger partial charge on any atom is -0.212 e. The van der Waals surface area contributed by atoms with Gasteiger partial charge in [0.15, 0.2) is 5.15 Å². The van der Waals surface area contributed by atoms with Gasteiger partial charge in [-0.05, 0) is 12.1 Å². The number of halogens is 2. The first-order valence-electron chi connectivity index (χ1n) is 2.88. The van der Waals surface area contributed by atoms with Crippen molar-refractivity contribution in [1.29, 1.82) is 0 Å². The molecule has 0 saturated heterocycles. The highest BCUT2D eigenvalue weighted by Gasteiger charge is 2.08. The van der Waals surface area contributed by atoms with Gasteiger partial charge in [-0.15, -0.1) is 5.10 Å². The predicted octanol–water partition coefficient (Wildman–Crippen LogP) is 1.20. The van der Waals surface area contributed by atoms with Crippen LogP contribution >= 0.6 is 22.3 Å². The Kier molecular flexibility index (Phi) is 2.87. The van der Waals surface area contributed by atoms with Gasteiger partial charge in [0.2, 0.25) is 9.05 Å². The third-order valence-corrected chi connectivity index (χ3v) is 2.18. The molecule has 0 aromatic carbocycles. The van der Waals surface area contributed by atoms with Crippen molar-refractivity contribution in [3.05, 3.63) is 23.0 Å². The maximum absolute atomic E-state index is 10.6. The van der Waals surface area contributed by atoms with Crippen molar-refractivity contribution in [2.24, 2.45) is 0 Å². The molecule has 0 aliphatic carbocycles. The van der Waals surface area contributed by atoms with E-state index >= 15 is 0 Å². The lowest BCUT2D eigenvalue weighted by Crippen LogP contribution is -1.98. The van der Waals surface area contributed by atoms with Crippen molar-refractivity contribution in [3.8, 4) is 0 Å². The van der Waals surface area contributed by atoms with Crippen molar-refractivity contribution in [1.82, 2.24) is 10.2 Å². The standard InChI is InChI=1S/C5H4Cl2N2O2S/c6-5-2-1-4(8-9-5)3-12(7,10)11/h1-2H,3H2. The third kappa shape index (κ3) is 3.34. The molecular formula is C5H4Cl2N2O2S. The minimum atomic E-state index is -3.56. The molecule has 0 aliphatic rings. The first-order chi connectivity index (χ1) is 5.47. The Hall–Kier alpha value is -0.390. The topological polar surface area (TPSA) is 59.9 Å². The molecule has 0 fully saturated rings. The predicted molar refractivity (Wildman–Crippen MR) is 45.5 cm³/mol. The fourth-order valence-corrected chi connectivity index (χ4v) is 1.54. The number of aromatic nitrogens is 2. The summed E-state index contributed by atoms with van der Waals surface area (Å²) >= 11 is 5.43. The van der Waals surface area contributed by atoms with E-state index in [1.807, 2.05) is 0 Å². The summed E-state index contributed by atoms with van der Waals surface area (Å²) in [6.45, 7) is 0. The maximum atomic E-state index is 10.6. The molecule has 0 unspecified atom stereocenters. The lowest BCUT2D eigenvalue weighted by molar-refractivity contribution is 0.608. The van der Waals surface area contributed by atoms with E-state index in [9.17, 15) is 8.42 Å². The molecule has 1 rings (SSSR count). The van der Waals surface area contributed by atoms with Crippen molar-refractivity contribution in [2.75, 3.05) is 0 Å². The smallest absolute Gasteiger partial charge is 0.212 e. The molecule has 66 valence electrons. The van der Waals surface area contributed by atoms with Gasteiger partial charge in [-0.25, -0.2) is 8.42 Å². The monoisotopic (exact) mass is 226 g/mol. The Morgan fingerprint density at radius 3 is 2.42 bits per heavy atom. The Morgan fingerprint density at radius 1 is 1.33 bits per heavy atom. The molecule has 0 spiro atoms. The SMILES string of the molecule is O=S(=O)(Cl)Cc1ccc(Cl)nn1. The lowest BCUT2D eigenvalue weighted by Gasteiger charge is -1.94. The molecule has 0 N–H and O–H groups in total. The van der Waals surface area contributed by atoms with Crippen LogP contribution in [0.5, 0.6) is 0 Å². The second kappa shape index (κ2) is 3.55. The van der Waals surface area contributed by atoms with Crippen LogP contribution in [0.4, 0.5) is 0 Å². The van der Waals surface area contributed by atoms with Crippen LogP contribution in [-0.2, 0) is 14.8 Å². The molecular weight excluding hydrogens is 223 g/mol. The summed E-state index contributed by atoms with van der Waals surface area (Å²) in [4.78, 5) is 0. The van der Waals surface area contributed by atoms with E-state index in [0.29, 0.717) is 0 Å². The summed E-state index contributed by atoms with van der Waals surface area (Å²) in [7, 11) is 1.42. The Balaban J connectivity index is 2.85. The zero-order valence-corrected chi connectivity index (χ0v) is 8.07. The van der Waals surface area contributed by atoms with Gasteiger partial charge in [-0.1, -0.05) is 11.6 Å². The quantitative estimate of drug-likeness (QED) is 0.712. The van der Waals surface area contributed by atoms with Crippen molar-refractivity contribution >= 4 is 31.3 Å². The van der Waals surface area contributed by atoms with Crippen molar-refractivity contribution in [2.45, 2.75) is 5.75 Å². The number of hydrogen-bond donors (Lipinski definition) is 0. The number of rotatable bonds is 2. The Morgan fingerprint density at radius 2 is 2.00 bits per heavy atom. The normalized spacial score (nSPS) is 11.5. The molecule has 0 saturated carbocycles. The largest absolute Gasteiger partial charge is 0.238 e. The van der Waals surface area contributed by atoms with Gasteiger partial charge >= 0.3 is 0 Å². The number of hydrogen-bond acceptors (Lipinski definition) is 4. The van der Waals surface area contributed by atoms with Gasteiger partial charge in [0, 0.05) is 10.7 Å². The van der Waals surface area contributed by atoms with Crippen LogP contribution in [0.15, 0.2) is 12.1 Å². The second-order valence-corrected chi connectivity index (χ2v) is 5.19. The molecule has 4 nitrogen and oxygen atoms in total. The molecule has 1 aromatic heterocycles. The average Bonchev–Trinajstić information content (AvgIpc) is 1.91. The van der Waals surface area contributed by atoms with E-state index in [-0.39, 0.29) is 16.6 Å². The molecule has 0 bridgehead atoms. The van der Waals surface area contributed by atoms with Gasteiger partial charge in [0.25, 0.3) is 0 Å². The fraction of sp³-hybridized carbons (Fsp3) is 0.200. The van der Waals surface area contributed by atoms with Gasteiger partial charge in [0.05, 0.1) is 5.69 Å². The molecule has 12 heavy (non-hydrogen) atoms. The highest BCUT2D eigenvalue weighted by molar-refractivity contribution is 8.13. The summed E-state index contributed by atoms with van der Waals surface area (Å²) in [6.07, 6.45) is 0. The second-order valence-electron chi connectivity index (χ2n) is 2.03. The summed E-state index contributed by atoms with van der Waals surface area (Å²) in [5.41, 5.74) is 0.273. The van der Waals surface area contributed by atoms with E-state index < -0.39 is 9.05 Å². The van der Waals surface area contributed by atoms with Gasteiger partial charge in [0.1, 0.15) is 5.75 Å². The van der Waals surface area contributed by atoms with Crippen molar-refractivity contribution < 1.29 is 8.42 Å². The van der Waals surface area contributed by atoms with E-state index in [2.05, 4.69) is 10.2 Å². The summed E-state index contributed by atoms with van der Waals surface area (Å²) in [6, 6.07) is 2.90. The van der Waals surface area contributed by atoms with Crippen LogP contribution in [-0.4, -0.2) is 18.6 Å². The minimum absolute atomic E-state index is 0.214. The van der Waals surface area contributed by atoms with Crippen LogP contribution in [0, 0.1) is 0 Å². The summed E-state index contributed by atoms with van der Waals surface area (Å²) in [5, 5.41) is 7.19. The summed E-state index contributed by atoms with van der Waals surface area (Å²) in [5.74, 6) is -0.335. The zero-order valence-electron chi connectivity index (χ0n) is 5.74. The zero-order chi connectivity index (χ0) is 9.19. The van der Waals surface area contributed by atoms with E-state index in [1.165, 1.54) is 12.1 Å². The van der Waals surface area contributed by atoms with Gasteiger partial charge in [-0.2, -0.15) is 5.10 Å². The van der Waals surface area contributed by atoms with Crippen LogP contribution < -0.4 is 0 Å². The number of nitrogens with zero attached hydrogens (tertiary/aromatic N) is 2. The summed E-state index contributed by atoms with van der Waals surface area (Å²) < 4.78 is 21.1. The Bertz CT molecular complexity index is 362. The van der Waals surface area contributed by atoms with Crippen molar-refractivity contribution in [3.63, 3.8) is 0 Å². The van der Waals surface area contributed by atoms with Crippen LogP contribution in [0.2, 0.25) is 5.15 Å². The highest BCUT2D eigenvalue weighted by atomic mass is 35.7. The highest BCUT2D eigenvalue weighted by Crippen LogP contribution is 2.08. The molecule has 0 atom stereocenters. The fourth-order valence-electron chi connectivity index (χ4n) is 0.597. The van der Waals surface area contributed by atoms with E-state index in [1.54, 1.807) is 0 Å².